The molecule has 0 unspecified atom stereocenters. The van der Waals surface area contributed by atoms with Gasteiger partial charge in [-0.2, -0.15) is 0 Å². The zero-order valence-corrected chi connectivity index (χ0v) is 9.93. The molecule has 0 amide bonds. The summed E-state index contributed by atoms with van der Waals surface area (Å²) in [6.07, 6.45) is 2.42. The van der Waals surface area contributed by atoms with Crippen LogP contribution in [0.25, 0.3) is 0 Å². The summed E-state index contributed by atoms with van der Waals surface area (Å²) in [6, 6.07) is 8.63. The number of nitrogens with one attached hydrogen (secondary N) is 1. The fourth-order valence-electron chi connectivity index (χ4n) is 1.43. The smallest absolute Gasteiger partial charge is 0.0205 e. The minimum Gasteiger partial charge on any atom is -0.316 e. The Balaban J connectivity index is 0.000000791. The van der Waals surface area contributed by atoms with E-state index in [0.29, 0.717) is 0 Å². The molecule has 1 N–H and O–H groups in total. The van der Waals surface area contributed by atoms with E-state index in [-0.39, 0.29) is 0 Å². The van der Waals surface area contributed by atoms with Gasteiger partial charge < -0.3 is 5.32 Å². The highest BCUT2D eigenvalue weighted by atomic mass is 14.8. The second-order valence-electron chi connectivity index (χ2n) is 3.05. The van der Waals surface area contributed by atoms with Crippen molar-refractivity contribution in [2.75, 3.05) is 7.05 Å². The fraction of sp³-hybridized carbons (Fsp3) is 0.538. The van der Waals surface area contributed by atoms with Crippen LogP contribution in [0.2, 0.25) is 0 Å². The van der Waals surface area contributed by atoms with Gasteiger partial charge >= 0.3 is 0 Å². The summed E-state index contributed by atoms with van der Waals surface area (Å²) in [6.45, 7) is 7.20. The van der Waals surface area contributed by atoms with E-state index < -0.39 is 0 Å². The summed E-state index contributed by atoms with van der Waals surface area (Å²) in [5.41, 5.74) is 2.91. The topological polar surface area (TPSA) is 12.0 Å². The molecule has 0 atom stereocenters. The lowest BCUT2D eigenvalue weighted by Gasteiger charge is -2.06. The van der Waals surface area contributed by atoms with Crippen LogP contribution in [0, 0.1) is 0 Å². The molecule has 0 radical (unpaired) electrons. The average molecular weight is 193 g/mol. The summed E-state index contributed by atoms with van der Waals surface area (Å²) in [5, 5.41) is 3.18. The SMILES string of the molecule is CC.CCCc1ccccc1CNC. The van der Waals surface area contributed by atoms with Gasteiger partial charge in [-0.3, -0.25) is 0 Å². The molecule has 0 bridgehead atoms. The van der Waals surface area contributed by atoms with Crippen molar-refractivity contribution >= 4 is 0 Å². The largest absolute Gasteiger partial charge is 0.316 e. The summed E-state index contributed by atoms with van der Waals surface area (Å²) in [5.74, 6) is 0. The summed E-state index contributed by atoms with van der Waals surface area (Å²) in [4.78, 5) is 0. The first-order valence-corrected chi connectivity index (χ1v) is 5.60. The van der Waals surface area contributed by atoms with Gasteiger partial charge in [-0.05, 0) is 24.6 Å². The van der Waals surface area contributed by atoms with E-state index in [9.17, 15) is 0 Å². The fourth-order valence-corrected chi connectivity index (χ4v) is 1.43. The van der Waals surface area contributed by atoms with Crippen LogP contribution in [0.15, 0.2) is 24.3 Å². The van der Waals surface area contributed by atoms with Crippen LogP contribution in [-0.2, 0) is 13.0 Å². The van der Waals surface area contributed by atoms with Crippen molar-refractivity contribution in [1.29, 1.82) is 0 Å². The molecule has 1 aromatic rings. The quantitative estimate of drug-likeness (QED) is 0.773. The van der Waals surface area contributed by atoms with Gasteiger partial charge in [0.1, 0.15) is 0 Å². The van der Waals surface area contributed by atoms with Crippen LogP contribution in [0.1, 0.15) is 38.3 Å². The maximum atomic E-state index is 3.18. The normalized spacial score (nSPS) is 9.14. The summed E-state index contributed by atoms with van der Waals surface area (Å²) < 4.78 is 0. The summed E-state index contributed by atoms with van der Waals surface area (Å²) >= 11 is 0. The van der Waals surface area contributed by atoms with Crippen LogP contribution in [0.4, 0.5) is 0 Å². The molecule has 14 heavy (non-hydrogen) atoms. The first kappa shape index (κ1) is 13.2. The molecular weight excluding hydrogens is 170 g/mol. The van der Waals surface area contributed by atoms with Crippen molar-refractivity contribution in [2.24, 2.45) is 0 Å². The molecule has 0 spiro atoms. The molecule has 0 aliphatic rings. The molecule has 0 fully saturated rings. The van der Waals surface area contributed by atoms with Crippen molar-refractivity contribution < 1.29 is 0 Å². The standard InChI is InChI=1S/C11H17N.C2H6/c1-3-6-10-7-4-5-8-11(10)9-12-2;1-2/h4-5,7-8,12H,3,6,9H2,1-2H3;1-2H3. The van der Waals surface area contributed by atoms with E-state index >= 15 is 0 Å². The van der Waals surface area contributed by atoms with Gasteiger partial charge in [-0.25, -0.2) is 0 Å². The van der Waals surface area contributed by atoms with Gasteiger partial charge in [0, 0.05) is 6.54 Å². The predicted molar refractivity (Wildman–Crippen MR) is 64.5 cm³/mol. The van der Waals surface area contributed by atoms with Crippen LogP contribution in [0.5, 0.6) is 0 Å². The van der Waals surface area contributed by atoms with Gasteiger partial charge in [0.05, 0.1) is 0 Å². The first-order valence-electron chi connectivity index (χ1n) is 5.60. The third-order valence-electron chi connectivity index (χ3n) is 2.00. The van der Waals surface area contributed by atoms with E-state index in [4.69, 9.17) is 0 Å². The average Bonchev–Trinajstić information content (AvgIpc) is 2.25. The van der Waals surface area contributed by atoms with E-state index in [1.807, 2.05) is 20.9 Å². The van der Waals surface area contributed by atoms with Gasteiger partial charge in [-0.15, -0.1) is 0 Å². The zero-order chi connectivity index (χ0) is 10.8. The Bertz CT molecular complexity index is 205. The molecular formula is C13H23N. The Kier molecular flexibility index (Phi) is 8.25. The van der Waals surface area contributed by atoms with Crippen molar-refractivity contribution in [3.05, 3.63) is 35.4 Å². The maximum absolute atomic E-state index is 3.18. The molecule has 80 valence electrons. The van der Waals surface area contributed by atoms with Crippen LogP contribution in [-0.4, -0.2) is 7.05 Å². The lowest BCUT2D eigenvalue weighted by molar-refractivity contribution is 0.794. The third kappa shape index (κ3) is 4.43. The third-order valence-corrected chi connectivity index (χ3v) is 2.00. The monoisotopic (exact) mass is 193 g/mol. The number of hydrogen-bond donors (Lipinski definition) is 1. The van der Waals surface area contributed by atoms with Crippen molar-refractivity contribution in [1.82, 2.24) is 5.32 Å². The Morgan fingerprint density at radius 3 is 2.14 bits per heavy atom. The minimum absolute atomic E-state index is 0.982. The molecule has 1 rings (SSSR count). The molecule has 1 heteroatoms. The van der Waals surface area contributed by atoms with Gasteiger partial charge in [-0.1, -0.05) is 51.5 Å². The van der Waals surface area contributed by atoms with Crippen LogP contribution in [0.3, 0.4) is 0 Å². The first-order chi connectivity index (χ1) is 6.88. The minimum atomic E-state index is 0.982. The van der Waals surface area contributed by atoms with Crippen molar-refractivity contribution in [3.63, 3.8) is 0 Å². The molecule has 1 nitrogen and oxygen atoms in total. The molecule has 0 heterocycles. The maximum Gasteiger partial charge on any atom is 0.0205 e. The zero-order valence-electron chi connectivity index (χ0n) is 9.93. The molecule has 0 aliphatic heterocycles. The van der Waals surface area contributed by atoms with Crippen molar-refractivity contribution in [2.45, 2.75) is 40.2 Å². The Labute approximate surface area is 88.5 Å². The number of rotatable bonds is 4. The van der Waals surface area contributed by atoms with Gasteiger partial charge in [0.2, 0.25) is 0 Å². The van der Waals surface area contributed by atoms with E-state index in [1.165, 1.54) is 24.0 Å². The van der Waals surface area contributed by atoms with E-state index in [1.54, 1.807) is 0 Å². The van der Waals surface area contributed by atoms with E-state index in [0.717, 1.165) is 6.54 Å². The Morgan fingerprint density at radius 2 is 1.64 bits per heavy atom. The Morgan fingerprint density at radius 1 is 1.07 bits per heavy atom. The molecule has 0 saturated carbocycles. The van der Waals surface area contributed by atoms with Crippen LogP contribution >= 0.6 is 0 Å². The van der Waals surface area contributed by atoms with Gasteiger partial charge in [0.15, 0.2) is 0 Å². The number of aryl methyl sites for hydroxylation is 1. The number of benzene rings is 1. The lowest BCUT2D eigenvalue weighted by Crippen LogP contribution is -2.07. The highest BCUT2D eigenvalue weighted by Crippen LogP contribution is 2.10. The van der Waals surface area contributed by atoms with Crippen LogP contribution < -0.4 is 5.32 Å². The van der Waals surface area contributed by atoms with E-state index in [2.05, 4.69) is 36.5 Å². The predicted octanol–water partition coefficient (Wildman–Crippen LogP) is 3.38. The second-order valence-corrected chi connectivity index (χ2v) is 3.05. The van der Waals surface area contributed by atoms with Gasteiger partial charge in [0.25, 0.3) is 0 Å². The molecule has 0 aliphatic carbocycles. The van der Waals surface area contributed by atoms with Crippen molar-refractivity contribution in [3.8, 4) is 0 Å². The lowest BCUT2D eigenvalue weighted by atomic mass is 10.0. The highest BCUT2D eigenvalue weighted by molar-refractivity contribution is 5.26. The Hall–Kier alpha value is -0.820. The molecule has 0 aromatic heterocycles. The highest BCUT2D eigenvalue weighted by Gasteiger charge is 1.97. The number of hydrogen-bond acceptors (Lipinski definition) is 1. The molecule has 0 saturated heterocycles. The second kappa shape index (κ2) is 8.76. The molecule has 1 aromatic carbocycles. The summed E-state index contributed by atoms with van der Waals surface area (Å²) in [7, 11) is 1.99.